The minimum atomic E-state index is 0.731. The van der Waals surface area contributed by atoms with Crippen LogP contribution in [-0.4, -0.2) is 24.6 Å². The molecule has 3 nitrogen and oxygen atoms in total. The maximum atomic E-state index is 10.8. The number of aryl methyl sites for hydroxylation is 1. The maximum absolute atomic E-state index is 10.8. The Labute approximate surface area is 101 Å². The predicted octanol–water partition coefficient (Wildman–Crippen LogP) is 2.88. The van der Waals surface area contributed by atoms with Gasteiger partial charge in [-0.1, -0.05) is 12.1 Å². The Hall–Kier alpha value is -1.61. The van der Waals surface area contributed by atoms with Crippen LogP contribution >= 0.6 is 0 Å². The molecule has 0 aliphatic heterocycles. The van der Waals surface area contributed by atoms with Crippen LogP contribution in [0.5, 0.6) is 0 Å². The summed E-state index contributed by atoms with van der Waals surface area (Å²) in [6, 6.07) is 7.87. The molecule has 0 atom stereocenters. The molecule has 17 heavy (non-hydrogen) atoms. The first kappa shape index (κ1) is 11.9. The van der Waals surface area contributed by atoms with E-state index in [-0.39, 0.29) is 0 Å². The number of carbonyl (C=O) groups is 1. The monoisotopic (exact) mass is 231 g/mol. The van der Waals surface area contributed by atoms with Crippen molar-refractivity contribution < 1.29 is 9.53 Å². The number of unbranched alkanes of at least 4 members (excludes halogenated alkanes) is 1. The van der Waals surface area contributed by atoms with Crippen LogP contribution in [0.15, 0.2) is 30.5 Å². The molecule has 0 aliphatic carbocycles. The summed E-state index contributed by atoms with van der Waals surface area (Å²) >= 11 is 0. The first-order valence-electron chi connectivity index (χ1n) is 5.88. The lowest BCUT2D eigenvalue weighted by Crippen LogP contribution is -1.98. The molecule has 1 heterocycles. The summed E-state index contributed by atoms with van der Waals surface area (Å²) in [5.74, 6) is 0. The largest absolute Gasteiger partial charge is 0.385 e. The summed E-state index contributed by atoms with van der Waals surface area (Å²) in [7, 11) is 1.72. The highest BCUT2D eigenvalue weighted by molar-refractivity contribution is 5.87. The minimum absolute atomic E-state index is 0.731. The standard InChI is InChI=1S/C14H17NO2/c1-17-9-3-2-7-15-8-6-13-5-4-12(11-16)10-14(13)15/h4-6,8,10-11H,2-3,7,9H2,1H3. The van der Waals surface area contributed by atoms with Gasteiger partial charge in [0.2, 0.25) is 0 Å². The molecule has 0 aliphatic rings. The molecule has 0 fully saturated rings. The minimum Gasteiger partial charge on any atom is -0.385 e. The van der Waals surface area contributed by atoms with Crippen LogP contribution in [0, 0.1) is 0 Å². The number of fused-ring (bicyclic) bond motifs is 1. The number of hydrogen-bond acceptors (Lipinski definition) is 2. The Balaban J connectivity index is 2.13. The van der Waals surface area contributed by atoms with Crippen LogP contribution in [-0.2, 0) is 11.3 Å². The lowest BCUT2D eigenvalue weighted by atomic mass is 10.2. The molecule has 0 saturated carbocycles. The molecule has 1 aromatic heterocycles. The van der Waals surface area contributed by atoms with E-state index in [4.69, 9.17) is 4.74 Å². The first-order valence-corrected chi connectivity index (χ1v) is 5.88. The number of nitrogens with zero attached hydrogens (tertiary/aromatic N) is 1. The maximum Gasteiger partial charge on any atom is 0.150 e. The van der Waals surface area contributed by atoms with Gasteiger partial charge in [-0.15, -0.1) is 0 Å². The highest BCUT2D eigenvalue weighted by atomic mass is 16.5. The molecule has 2 aromatic rings. The number of benzene rings is 1. The number of methoxy groups -OCH3 is 1. The van der Waals surface area contributed by atoms with Crippen LogP contribution in [0.4, 0.5) is 0 Å². The van der Waals surface area contributed by atoms with Gasteiger partial charge in [0, 0.05) is 37.5 Å². The van der Waals surface area contributed by atoms with E-state index in [0.29, 0.717) is 0 Å². The number of ether oxygens (including phenoxy) is 1. The fourth-order valence-corrected chi connectivity index (χ4v) is 2.00. The van der Waals surface area contributed by atoms with Gasteiger partial charge in [0.05, 0.1) is 0 Å². The third kappa shape index (κ3) is 2.74. The van der Waals surface area contributed by atoms with Gasteiger partial charge in [-0.25, -0.2) is 0 Å². The SMILES string of the molecule is COCCCCn1ccc2ccc(C=O)cc21. The molecule has 3 heteroatoms. The molecular weight excluding hydrogens is 214 g/mol. The van der Waals surface area contributed by atoms with Crippen LogP contribution < -0.4 is 0 Å². The van der Waals surface area contributed by atoms with Gasteiger partial charge in [-0.05, 0) is 30.4 Å². The molecule has 0 unspecified atom stereocenters. The van der Waals surface area contributed by atoms with Crippen LogP contribution in [0.3, 0.4) is 0 Å². The zero-order valence-corrected chi connectivity index (χ0v) is 10.1. The van der Waals surface area contributed by atoms with Crippen molar-refractivity contribution >= 4 is 17.2 Å². The van der Waals surface area contributed by atoms with Gasteiger partial charge in [-0.3, -0.25) is 4.79 Å². The summed E-state index contributed by atoms with van der Waals surface area (Å²) in [6.07, 6.45) is 5.11. The van der Waals surface area contributed by atoms with Gasteiger partial charge in [0.25, 0.3) is 0 Å². The summed E-state index contributed by atoms with van der Waals surface area (Å²) in [6.45, 7) is 1.77. The molecule has 1 aromatic carbocycles. The van der Waals surface area contributed by atoms with Crippen molar-refractivity contribution in [2.75, 3.05) is 13.7 Å². The number of aromatic nitrogens is 1. The van der Waals surface area contributed by atoms with Crippen LogP contribution in [0.1, 0.15) is 23.2 Å². The highest BCUT2D eigenvalue weighted by Crippen LogP contribution is 2.17. The van der Waals surface area contributed by atoms with Crippen LogP contribution in [0.2, 0.25) is 0 Å². The Morgan fingerprint density at radius 3 is 2.94 bits per heavy atom. The molecular formula is C14H17NO2. The molecule has 2 rings (SSSR count). The Kier molecular flexibility index (Phi) is 3.94. The number of hydrogen-bond donors (Lipinski definition) is 0. The van der Waals surface area contributed by atoms with E-state index in [0.717, 1.165) is 43.4 Å². The number of aldehydes is 1. The molecule has 0 spiro atoms. The second-order valence-corrected chi connectivity index (χ2v) is 4.15. The average molecular weight is 231 g/mol. The second-order valence-electron chi connectivity index (χ2n) is 4.15. The number of carbonyl (C=O) groups excluding carboxylic acids is 1. The zero-order chi connectivity index (χ0) is 12.1. The molecule has 0 bridgehead atoms. The molecule has 90 valence electrons. The lowest BCUT2D eigenvalue weighted by Gasteiger charge is -2.05. The van der Waals surface area contributed by atoms with Crippen molar-refractivity contribution in [1.29, 1.82) is 0 Å². The first-order chi connectivity index (χ1) is 8.35. The van der Waals surface area contributed by atoms with E-state index in [9.17, 15) is 4.79 Å². The molecule has 0 radical (unpaired) electrons. The highest BCUT2D eigenvalue weighted by Gasteiger charge is 2.01. The summed E-state index contributed by atoms with van der Waals surface area (Å²) in [5.41, 5.74) is 1.86. The van der Waals surface area contributed by atoms with Crippen molar-refractivity contribution in [3.63, 3.8) is 0 Å². The van der Waals surface area contributed by atoms with Crippen LogP contribution in [0.25, 0.3) is 10.9 Å². The smallest absolute Gasteiger partial charge is 0.150 e. The third-order valence-corrected chi connectivity index (χ3v) is 2.93. The van der Waals surface area contributed by atoms with E-state index in [1.165, 1.54) is 5.39 Å². The van der Waals surface area contributed by atoms with Crippen molar-refractivity contribution in [2.24, 2.45) is 0 Å². The Morgan fingerprint density at radius 2 is 2.18 bits per heavy atom. The van der Waals surface area contributed by atoms with E-state index in [2.05, 4.69) is 16.8 Å². The summed E-state index contributed by atoms with van der Waals surface area (Å²) in [5, 5.41) is 1.18. The quantitative estimate of drug-likeness (QED) is 0.565. The molecule has 0 saturated heterocycles. The van der Waals surface area contributed by atoms with Gasteiger partial charge in [-0.2, -0.15) is 0 Å². The molecule has 0 N–H and O–H groups in total. The predicted molar refractivity (Wildman–Crippen MR) is 68.4 cm³/mol. The Bertz CT molecular complexity index is 502. The van der Waals surface area contributed by atoms with Gasteiger partial charge < -0.3 is 9.30 Å². The topological polar surface area (TPSA) is 31.2 Å². The van der Waals surface area contributed by atoms with E-state index in [1.807, 2.05) is 18.2 Å². The zero-order valence-electron chi connectivity index (χ0n) is 10.1. The van der Waals surface area contributed by atoms with Crippen molar-refractivity contribution in [2.45, 2.75) is 19.4 Å². The summed E-state index contributed by atoms with van der Waals surface area (Å²) < 4.78 is 7.22. The van der Waals surface area contributed by atoms with Crippen molar-refractivity contribution in [3.8, 4) is 0 Å². The van der Waals surface area contributed by atoms with Gasteiger partial charge in [0.15, 0.2) is 0 Å². The second kappa shape index (κ2) is 5.64. The van der Waals surface area contributed by atoms with Gasteiger partial charge in [0.1, 0.15) is 6.29 Å². The fraction of sp³-hybridized carbons (Fsp3) is 0.357. The summed E-state index contributed by atoms with van der Waals surface area (Å²) in [4.78, 5) is 10.8. The van der Waals surface area contributed by atoms with E-state index in [1.54, 1.807) is 7.11 Å². The molecule has 0 amide bonds. The lowest BCUT2D eigenvalue weighted by molar-refractivity contribution is 0.112. The fourth-order valence-electron chi connectivity index (χ4n) is 2.00. The number of rotatable bonds is 6. The van der Waals surface area contributed by atoms with Gasteiger partial charge >= 0.3 is 0 Å². The van der Waals surface area contributed by atoms with Crippen molar-refractivity contribution in [3.05, 3.63) is 36.0 Å². The third-order valence-electron chi connectivity index (χ3n) is 2.93. The van der Waals surface area contributed by atoms with E-state index < -0.39 is 0 Å². The van der Waals surface area contributed by atoms with Crippen molar-refractivity contribution in [1.82, 2.24) is 4.57 Å². The average Bonchev–Trinajstić information content (AvgIpc) is 2.77. The van der Waals surface area contributed by atoms with E-state index >= 15 is 0 Å². The Morgan fingerprint density at radius 1 is 1.29 bits per heavy atom. The normalized spacial score (nSPS) is 10.9.